The molecule has 0 saturated carbocycles. The van der Waals surface area contributed by atoms with E-state index in [4.69, 9.17) is 0 Å². The summed E-state index contributed by atoms with van der Waals surface area (Å²) in [5.41, 5.74) is 0. The van der Waals surface area contributed by atoms with E-state index in [1.54, 1.807) is 24.3 Å². The molecule has 0 fully saturated rings. The molecule has 6 heteroatoms. The molecule has 0 bridgehead atoms. The van der Waals surface area contributed by atoms with Crippen molar-refractivity contribution in [2.45, 2.75) is 4.90 Å². The fourth-order valence-corrected chi connectivity index (χ4v) is 2.90. The van der Waals surface area contributed by atoms with Gasteiger partial charge in [0.05, 0.1) is 11.1 Å². The molecule has 2 N–H and O–H groups in total. The van der Waals surface area contributed by atoms with E-state index in [1.165, 1.54) is 6.20 Å². The third-order valence-electron chi connectivity index (χ3n) is 2.78. The van der Waals surface area contributed by atoms with Crippen molar-refractivity contribution in [1.82, 2.24) is 10.2 Å². The van der Waals surface area contributed by atoms with E-state index in [0.717, 1.165) is 10.8 Å². The zero-order valence-electron chi connectivity index (χ0n) is 9.87. The van der Waals surface area contributed by atoms with Crippen molar-refractivity contribution in [3.05, 3.63) is 54.7 Å². The van der Waals surface area contributed by atoms with E-state index in [0.29, 0.717) is 5.82 Å². The van der Waals surface area contributed by atoms with Gasteiger partial charge in [0.15, 0.2) is 0 Å². The summed E-state index contributed by atoms with van der Waals surface area (Å²) in [6.07, 6.45) is 1.48. The van der Waals surface area contributed by atoms with Gasteiger partial charge in [0.1, 0.15) is 5.82 Å². The molecule has 0 spiro atoms. The number of hydrogen-bond donors (Lipinski definition) is 2. The number of nitrogens with zero attached hydrogens (tertiary/aromatic N) is 1. The summed E-state index contributed by atoms with van der Waals surface area (Å²) >= 11 is 0. The highest BCUT2D eigenvalue weighted by molar-refractivity contribution is 7.92. The first kappa shape index (κ1) is 11.7. The Balaban J connectivity index is 2.03. The summed E-state index contributed by atoms with van der Waals surface area (Å²) < 4.78 is 26.8. The van der Waals surface area contributed by atoms with Crippen LogP contribution >= 0.6 is 0 Å². The molecule has 0 unspecified atom stereocenters. The second-order valence-corrected chi connectivity index (χ2v) is 5.77. The van der Waals surface area contributed by atoms with Gasteiger partial charge < -0.3 is 0 Å². The normalized spacial score (nSPS) is 11.6. The Morgan fingerprint density at radius 3 is 2.53 bits per heavy atom. The van der Waals surface area contributed by atoms with Crippen LogP contribution in [0.15, 0.2) is 59.6 Å². The molecule has 0 atom stereocenters. The smallest absolute Gasteiger partial charge is 0.263 e. The van der Waals surface area contributed by atoms with Gasteiger partial charge in [0.25, 0.3) is 10.0 Å². The Labute approximate surface area is 110 Å². The average molecular weight is 273 g/mol. The first-order chi connectivity index (χ1) is 9.15. The number of anilines is 1. The van der Waals surface area contributed by atoms with Crippen molar-refractivity contribution in [1.29, 1.82) is 0 Å². The molecule has 1 aromatic heterocycles. The molecule has 2 aromatic carbocycles. The largest absolute Gasteiger partial charge is 0.264 e. The number of aromatic nitrogens is 2. The van der Waals surface area contributed by atoms with Gasteiger partial charge in [-0.1, -0.05) is 30.3 Å². The topological polar surface area (TPSA) is 74.8 Å². The molecule has 3 rings (SSSR count). The number of rotatable bonds is 3. The van der Waals surface area contributed by atoms with Gasteiger partial charge in [-0.2, -0.15) is 5.10 Å². The van der Waals surface area contributed by atoms with Gasteiger partial charge >= 0.3 is 0 Å². The van der Waals surface area contributed by atoms with Gasteiger partial charge in [-0.05, 0) is 22.9 Å². The van der Waals surface area contributed by atoms with Crippen LogP contribution in [0.2, 0.25) is 0 Å². The average Bonchev–Trinajstić information content (AvgIpc) is 2.90. The van der Waals surface area contributed by atoms with Crippen LogP contribution in [0, 0.1) is 0 Å². The number of sulfonamides is 1. The van der Waals surface area contributed by atoms with E-state index in [2.05, 4.69) is 14.9 Å². The monoisotopic (exact) mass is 273 g/mol. The lowest BCUT2D eigenvalue weighted by atomic mass is 10.1. The SMILES string of the molecule is O=S(=O)(Nc1ccn[nH]1)c1ccc2ccccc2c1. The fourth-order valence-electron chi connectivity index (χ4n) is 1.85. The van der Waals surface area contributed by atoms with Gasteiger partial charge in [-0.3, -0.25) is 9.82 Å². The molecule has 5 nitrogen and oxygen atoms in total. The molecule has 0 aliphatic carbocycles. The Hall–Kier alpha value is -2.34. The Morgan fingerprint density at radius 1 is 1.00 bits per heavy atom. The highest BCUT2D eigenvalue weighted by Gasteiger charge is 2.14. The number of fused-ring (bicyclic) bond motifs is 1. The van der Waals surface area contributed by atoms with Crippen LogP contribution in [0.4, 0.5) is 5.82 Å². The van der Waals surface area contributed by atoms with Crippen molar-refractivity contribution < 1.29 is 8.42 Å². The summed E-state index contributed by atoms with van der Waals surface area (Å²) in [5, 5.41) is 8.14. The number of H-pyrrole nitrogens is 1. The summed E-state index contributed by atoms with van der Waals surface area (Å²) in [6, 6.07) is 14.2. The molecule has 0 amide bonds. The second kappa shape index (κ2) is 4.40. The highest BCUT2D eigenvalue weighted by atomic mass is 32.2. The standard InChI is InChI=1S/C13H11N3O2S/c17-19(18,16-13-7-8-14-15-13)12-6-5-10-3-1-2-4-11(10)9-12/h1-9H,(H2,14,15,16). The lowest BCUT2D eigenvalue weighted by molar-refractivity contribution is 0.601. The third-order valence-corrected chi connectivity index (χ3v) is 4.14. The number of aromatic amines is 1. The van der Waals surface area contributed by atoms with E-state index in [1.807, 2.05) is 24.3 Å². The maximum Gasteiger partial charge on any atom is 0.263 e. The van der Waals surface area contributed by atoms with E-state index >= 15 is 0 Å². The van der Waals surface area contributed by atoms with Crippen LogP contribution in [-0.2, 0) is 10.0 Å². The molecule has 96 valence electrons. The first-order valence-corrected chi connectivity index (χ1v) is 7.14. The van der Waals surface area contributed by atoms with Crippen LogP contribution < -0.4 is 4.72 Å². The summed E-state index contributed by atoms with van der Waals surface area (Å²) in [4.78, 5) is 0.223. The molecule has 0 aliphatic rings. The number of benzene rings is 2. The lowest BCUT2D eigenvalue weighted by Crippen LogP contribution is -2.13. The Bertz CT molecular complexity index is 811. The van der Waals surface area contributed by atoms with Crippen LogP contribution in [0.3, 0.4) is 0 Å². The van der Waals surface area contributed by atoms with Crippen molar-refractivity contribution >= 4 is 26.6 Å². The van der Waals surface area contributed by atoms with Crippen molar-refractivity contribution in [2.75, 3.05) is 4.72 Å². The highest BCUT2D eigenvalue weighted by Crippen LogP contribution is 2.20. The predicted molar refractivity (Wildman–Crippen MR) is 73.3 cm³/mol. The molecular weight excluding hydrogens is 262 g/mol. The minimum atomic E-state index is -3.60. The third kappa shape index (κ3) is 2.30. The molecule has 0 aliphatic heterocycles. The van der Waals surface area contributed by atoms with E-state index in [9.17, 15) is 8.42 Å². The van der Waals surface area contributed by atoms with E-state index < -0.39 is 10.0 Å². The minimum Gasteiger partial charge on any atom is -0.264 e. The summed E-state index contributed by atoms with van der Waals surface area (Å²) in [7, 11) is -3.60. The van der Waals surface area contributed by atoms with Gasteiger partial charge in [0.2, 0.25) is 0 Å². The first-order valence-electron chi connectivity index (χ1n) is 5.66. The van der Waals surface area contributed by atoms with E-state index in [-0.39, 0.29) is 4.90 Å². The molecule has 1 heterocycles. The maximum atomic E-state index is 12.2. The zero-order valence-corrected chi connectivity index (χ0v) is 10.7. The Kier molecular flexibility index (Phi) is 2.72. The van der Waals surface area contributed by atoms with Gasteiger partial charge in [0, 0.05) is 6.07 Å². The summed E-state index contributed by atoms with van der Waals surface area (Å²) in [5.74, 6) is 0.341. The van der Waals surface area contributed by atoms with Crippen LogP contribution in [-0.4, -0.2) is 18.6 Å². The van der Waals surface area contributed by atoms with Crippen LogP contribution in [0.5, 0.6) is 0 Å². The lowest BCUT2D eigenvalue weighted by Gasteiger charge is -2.06. The number of nitrogens with one attached hydrogen (secondary N) is 2. The zero-order chi connectivity index (χ0) is 13.3. The molecular formula is C13H11N3O2S. The van der Waals surface area contributed by atoms with Crippen LogP contribution in [0.1, 0.15) is 0 Å². The minimum absolute atomic E-state index is 0.223. The molecule has 0 saturated heterocycles. The second-order valence-electron chi connectivity index (χ2n) is 4.08. The van der Waals surface area contributed by atoms with Crippen molar-refractivity contribution in [3.63, 3.8) is 0 Å². The van der Waals surface area contributed by atoms with Crippen molar-refractivity contribution in [3.8, 4) is 0 Å². The van der Waals surface area contributed by atoms with Crippen LogP contribution in [0.25, 0.3) is 10.8 Å². The summed E-state index contributed by atoms with van der Waals surface area (Å²) in [6.45, 7) is 0. The van der Waals surface area contributed by atoms with Gasteiger partial charge in [-0.15, -0.1) is 0 Å². The number of hydrogen-bond acceptors (Lipinski definition) is 3. The Morgan fingerprint density at radius 2 is 1.79 bits per heavy atom. The quantitative estimate of drug-likeness (QED) is 0.769. The molecule has 19 heavy (non-hydrogen) atoms. The van der Waals surface area contributed by atoms with Crippen molar-refractivity contribution in [2.24, 2.45) is 0 Å². The fraction of sp³-hybridized carbons (Fsp3) is 0. The molecule has 0 radical (unpaired) electrons. The van der Waals surface area contributed by atoms with Gasteiger partial charge in [-0.25, -0.2) is 8.42 Å². The molecule has 3 aromatic rings. The maximum absolute atomic E-state index is 12.2. The predicted octanol–water partition coefficient (Wildman–Crippen LogP) is 2.36.